The van der Waals surface area contributed by atoms with E-state index in [0.717, 1.165) is 83.2 Å². The van der Waals surface area contributed by atoms with Crippen LogP contribution >= 0.6 is 0 Å². The Morgan fingerprint density at radius 1 is 0.347 bits per heavy atom. The number of furan rings is 2. The van der Waals surface area contributed by atoms with Gasteiger partial charge >= 0.3 is 0 Å². The summed E-state index contributed by atoms with van der Waals surface area (Å²) >= 11 is 0. The molecule has 0 N–H and O–H groups in total. The van der Waals surface area contributed by atoms with Crippen LogP contribution in [0.3, 0.4) is 0 Å². The summed E-state index contributed by atoms with van der Waals surface area (Å²) in [6.45, 7) is 0. The van der Waals surface area contributed by atoms with E-state index >= 15 is 0 Å². The third-order valence-corrected chi connectivity index (χ3v) is 9.67. The Morgan fingerprint density at radius 3 is 1.92 bits per heavy atom. The van der Waals surface area contributed by atoms with E-state index in [2.05, 4.69) is 163 Å². The van der Waals surface area contributed by atoms with Crippen LogP contribution in [0.4, 0.5) is 17.1 Å². The molecule has 0 spiro atoms. The standard InChI is InChI=1S/C46H29NO2/c1-2-10-32(11-3-1)37-16-9-17-40-41-28-33(22-27-44(41)49-46(37)40)30-20-23-34(24-21-30)47(42-18-8-13-31-12-4-5-14-36(31)42)35-25-26-39-38-15-6-7-19-43(38)48-45(39)29-35/h1-29H. The molecule has 2 heterocycles. The summed E-state index contributed by atoms with van der Waals surface area (Å²) in [5.41, 5.74) is 11.3. The molecule has 0 bridgehead atoms. The van der Waals surface area contributed by atoms with Crippen LogP contribution in [-0.2, 0) is 0 Å². The molecule has 3 nitrogen and oxygen atoms in total. The Hall–Kier alpha value is -6.58. The van der Waals surface area contributed by atoms with E-state index in [-0.39, 0.29) is 0 Å². The molecule has 230 valence electrons. The topological polar surface area (TPSA) is 29.5 Å². The molecule has 49 heavy (non-hydrogen) atoms. The highest BCUT2D eigenvalue weighted by atomic mass is 16.3. The Labute approximate surface area is 282 Å². The molecule has 0 saturated carbocycles. The molecule has 0 fully saturated rings. The Kier molecular flexibility index (Phi) is 6.18. The van der Waals surface area contributed by atoms with Crippen LogP contribution < -0.4 is 4.90 Å². The molecular weight excluding hydrogens is 599 g/mol. The minimum absolute atomic E-state index is 0.872. The summed E-state index contributed by atoms with van der Waals surface area (Å²) in [6.07, 6.45) is 0. The second-order valence-corrected chi connectivity index (χ2v) is 12.5. The molecule has 0 aliphatic heterocycles. The zero-order valence-corrected chi connectivity index (χ0v) is 26.5. The zero-order chi connectivity index (χ0) is 32.3. The number of fused-ring (bicyclic) bond motifs is 7. The van der Waals surface area contributed by atoms with Crippen molar-refractivity contribution in [1.82, 2.24) is 0 Å². The van der Waals surface area contributed by atoms with Crippen LogP contribution in [0.1, 0.15) is 0 Å². The third-order valence-electron chi connectivity index (χ3n) is 9.67. The average Bonchev–Trinajstić information content (AvgIpc) is 3.73. The Morgan fingerprint density at radius 2 is 1.02 bits per heavy atom. The minimum atomic E-state index is 0.872. The summed E-state index contributed by atoms with van der Waals surface area (Å²) in [4.78, 5) is 2.33. The lowest BCUT2D eigenvalue weighted by atomic mass is 10.00. The van der Waals surface area contributed by atoms with Gasteiger partial charge in [-0.05, 0) is 70.6 Å². The van der Waals surface area contributed by atoms with E-state index in [1.54, 1.807) is 0 Å². The lowest BCUT2D eigenvalue weighted by molar-refractivity contribution is 0.669. The van der Waals surface area contributed by atoms with Gasteiger partial charge in [-0.15, -0.1) is 0 Å². The highest BCUT2D eigenvalue weighted by Gasteiger charge is 2.18. The van der Waals surface area contributed by atoms with Gasteiger partial charge in [0.15, 0.2) is 0 Å². The van der Waals surface area contributed by atoms with Gasteiger partial charge in [-0.3, -0.25) is 0 Å². The Bertz CT molecular complexity index is 2820. The molecule has 3 heteroatoms. The number of benzene rings is 8. The second-order valence-electron chi connectivity index (χ2n) is 12.5. The van der Waals surface area contributed by atoms with E-state index < -0.39 is 0 Å². The Balaban J connectivity index is 1.09. The summed E-state index contributed by atoms with van der Waals surface area (Å²) in [6, 6.07) is 62.0. The fourth-order valence-corrected chi connectivity index (χ4v) is 7.31. The summed E-state index contributed by atoms with van der Waals surface area (Å²) in [5, 5.41) is 6.87. The number of para-hydroxylation sites is 2. The molecule has 2 aromatic heterocycles. The van der Waals surface area contributed by atoms with Crippen LogP contribution in [-0.4, -0.2) is 0 Å². The highest BCUT2D eigenvalue weighted by Crippen LogP contribution is 2.42. The van der Waals surface area contributed by atoms with E-state index in [0.29, 0.717) is 0 Å². The first-order valence-electron chi connectivity index (χ1n) is 16.6. The van der Waals surface area contributed by atoms with Gasteiger partial charge in [0.2, 0.25) is 0 Å². The molecule has 0 unspecified atom stereocenters. The predicted molar refractivity (Wildman–Crippen MR) is 204 cm³/mol. The summed E-state index contributed by atoms with van der Waals surface area (Å²) < 4.78 is 12.8. The molecule has 0 aliphatic rings. The molecular formula is C46H29NO2. The largest absolute Gasteiger partial charge is 0.456 e. The molecule has 0 radical (unpaired) electrons. The van der Waals surface area contributed by atoms with Crippen LogP contribution in [0.25, 0.3) is 76.9 Å². The third kappa shape index (κ3) is 4.51. The predicted octanol–water partition coefficient (Wildman–Crippen LogP) is 13.4. The van der Waals surface area contributed by atoms with Crippen molar-refractivity contribution in [2.45, 2.75) is 0 Å². The molecule has 0 atom stereocenters. The first kappa shape index (κ1) is 27.5. The minimum Gasteiger partial charge on any atom is -0.456 e. The lowest BCUT2D eigenvalue weighted by Crippen LogP contribution is -2.10. The maximum Gasteiger partial charge on any atom is 0.143 e. The van der Waals surface area contributed by atoms with E-state index in [1.165, 1.54) is 10.8 Å². The van der Waals surface area contributed by atoms with Crippen molar-refractivity contribution in [2.24, 2.45) is 0 Å². The molecule has 0 saturated heterocycles. The van der Waals surface area contributed by atoms with Crippen molar-refractivity contribution in [3.63, 3.8) is 0 Å². The first-order valence-corrected chi connectivity index (χ1v) is 16.6. The summed E-state index contributed by atoms with van der Waals surface area (Å²) in [5.74, 6) is 0. The quantitative estimate of drug-likeness (QED) is 0.190. The van der Waals surface area contributed by atoms with Crippen molar-refractivity contribution < 1.29 is 8.83 Å². The fourth-order valence-electron chi connectivity index (χ4n) is 7.31. The van der Waals surface area contributed by atoms with Gasteiger partial charge in [0, 0.05) is 49.9 Å². The van der Waals surface area contributed by atoms with Gasteiger partial charge in [0.05, 0.1) is 5.69 Å². The molecule has 0 amide bonds. The normalized spacial score (nSPS) is 11.7. The van der Waals surface area contributed by atoms with E-state index in [9.17, 15) is 0 Å². The number of rotatable bonds is 5. The number of hydrogen-bond acceptors (Lipinski definition) is 3. The van der Waals surface area contributed by atoms with E-state index in [4.69, 9.17) is 8.83 Å². The van der Waals surface area contributed by atoms with Crippen LogP contribution in [0.2, 0.25) is 0 Å². The average molecular weight is 628 g/mol. The fraction of sp³-hybridized carbons (Fsp3) is 0. The van der Waals surface area contributed by atoms with Gasteiger partial charge in [-0.2, -0.15) is 0 Å². The van der Waals surface area contributed by atoms with Crippen molar-refractivity contribution in [3.05, 3.63) is 176 Å². The molecule has 0 aliphatic carbocycles. The SMILES string of the molecule is c1ccc(-c2cccc3c2oc2ccc(-c4ccc(N(c5ccc6c(c5)oc5ccccc56)c5cccc6ccccc56)cc4)cc23)cc1. The van der Waals surface area contributed by atoms with Gasteiger partial charge < -0.3 is 13.7 Å². The first-order chi connectivity index (χ1) is 24.3. The maximum atomic E-state index is 6.45. The van der Waals surface area contributed by atoms with Crippen molar-refractivity contribution in [2.75, 3.05) is 4.90 Å². The van der Waals surface area contributed by atoms with Crippen molar-refractivity contribution in [3.8, 4) is 22.3 Å². The van der Waals surface area contributed by atoms with Crippen LogP contribution in [0, 0.1) is 0 Å². The molecule has 10 aromatic rings. The number of hydrogen-bond donors (Lipinski definition) is 0. The van der Waals surface area contributed by atoms with Crippen LogP contribution in [0.5, 0.6) is 0 Å². The summed E-state index contributed by atoms with van der Waals surface area (Å²) in [7, 11) is 0. The molecule has 10 rings (SSSR count). The highest BCUT2D eigenvalue weighted by molar-refractivity contribution is 6.11. The van der Waals surface area contributed by atoms with E-state index in [1.807, 2.05) is 18.2 Å². The van der Waals surface area contributed by atoms with Gasteiger partial charge in [-0.1, -0.05) is 121 Å². The van der Waals surface area contributed by atoms with Gasteiger partial charge in [-0.25, -0.2) is 0 Å². The monoisotopic (exact) mass is 627 g/mol. The van der Waals surface area contributed by atoms with Gasteiger partial charge in [0.1, 0.15) is 22.3 Å². The zero-order valence-electron chi connectivity index (χ0n) is 26.5. The molecule has 8 aromatic carbocycles. The van der Waals surface area contributed by atoms with Crippen LogP contribution in [0.15, 0.2) is 185 Å². The smallest absolute Gasteiger partial charge is 0.143 e. The van der Waals surface area contributed by atoms with Crippen molar-refractivity contribution in [1.29, 1.82) is 0 Å². The number of nitrogens with zero attached hydrogens (tertiary/aromatic N) is 1. The maximum absolute atomic E-state index is 6.45. The second kappa shape index (κ2) is 11.0. The van der Waals surface area contributed by atoms with Crippen molar-refractivity contribution >= 4 is 71.7 Å². The number of anilines is 3. The lowest BCUT2D eigenvalue weighted by Gasteiger charge is -2.27. The van der Waals surface area contributed by atoms with Gasteiger partial charge in [0.25, 0.3) is 0 Å².